The Labute approximate surface area is 205 Å². The van der Waals surface area contributed by atoms with Crippen LogP contribution in [0.4, 0.5) is 0 Å². The minimum atomic E-state index is -0.950. The number of carbonyl (C=O) groups is 1. The lowest BCUT2D eigenvalue weighted by Crippen LogP contribution is -2.41. The third kappa shape index (κ3) is 3.39. The molecule has 4 heteroatoms. The van der Waals surface area contributed by atoms with E-state index in [-0.39, 0.29) is 12.2 Å². The molecule has 4 nitrogen and oxygen atoms in total. The number of aryl methyl sites for hydroxylation is 1. The lowest BCUT2D eigenvalue weighted by Gasteiger charge is -2.41. The molecule has 1 aliphatic heterocycles. The van der Waals surface area contributed by atoms with Crippen LogP contribution < -0.4 is 14.2 Å². The fraction of sp³-hybridized carbons (Fsp3) is 0.258. The van der Waals surface area contributed by atoms with E-state index >= 15 is 0 Å². The Kier molecular flexibility index (Phi) is 5.25. The molecule has 0 bridgehead atoms. The van der Waals surface area contributed by atoms with Gasteiger partial charge in [0, 0.05) is 16.5 Å². The number of ether oxygens (including phenoxy) is 3. The van der Waals surface area contributed by atoms with Gasteiger partial charge in [-0.2, -0.15) is 0 Å². The highest BCUT2D eigenvalue weighted by atomic mass is 16.5. The normalized spacial score (nSPS) is 16.2. The van der Waals surface area contributed by atoms with Crippen LogP contribution in [0.25, 0.3) is 10.8 Å². The van der Waals surface area contributed by atoms with Gasteiger partial charge in [-0.3, -0.25) is 4.79 Å². The number of Topliss-reactive ketones (excluding diaryl/α,β-unsaturated/α-hetero) is 1. The molecule has 0 radical (unpaired) electrons. The molecule has 176 valence electrons. The van der Waals surface area contributed by atoms with Crippen LogP contribution in [0.3, 0.4) is 0 Å². The highest BCUT2D eigenvalue weighted by Crippen LogP contribution is 2.50. The molecular weight excluding hydrogens is 436 g/mol. The minimum Gasteiger partial charge on any atom is -0.497 e. The number of carbonyl (C=O) groups excluding carboxylic acids is 1. The van der Waals surface area contributed by atoms with Gasteiger partial charge in [-0.25, -0.2) is 0 Å². The molecule has 35 heavy (non-hydrogen) atoms. The molecule has 0 N–H and O–H groups in total. The topological polar surface area (TPSA) is 44.8 Å². The maximum atomic E-state index is 14.1. The zero-order valence-electron chi connectivity index (χ0n) is 20.1. The first-order chi connectivity index (χ1) is 17.1. The molecule has 1 aliphatic carbocycles. The van der Waals surface area contributed by atoms with Crippen LogP contribution in [-0.4, -0.2) is 20.0 Å². The Balaban J connectivity index is 1.62. The Hall–Kier alpha value is -3.79. The van der Waals surface area contributed by atoms with Crippen LogP contribution in [0.1, 0.15) is 51.9 Å². The zero-order chi connectivity index (χ0) is 24.0. The number of rotatable bonds is 4. The van der Waals surface area contributed by atoms with Crippen LogP contribution in [0.2, 0.25) is 0 Å². The lowest BCUT2D eigenvalue weighted by molar-refractivity contribution is 0.0623. The van der Waals surface area contributed by atoms with Gasteiger partial charge in [-0.1, -0.05) is 48.5 Å². The van der Waals surface area contributed by atoms with E-state index in [1.807, 2.05) is 54.6 Å². The minimum absolute atomic E-state index is 0.141. The molecule has 0 fully saturated rings. The molecule has 0 amide bonds. The van der Waals surface area contributed by atoms with Crippen LogP contribution >= 0.6 is 0 Å². The highest BCUT2D eigenvalue weighted by Gasteiger charge is 2.46. The Morgan fingerprint density at radius 1 is 0.714 bits per heavy atom. The molecule has 4 aromatic rings. The maximum Gasteiger partial charge on any atom is 0.171 e. The third-order valence-corrected chi connectivity index (χ3v) is 7.57. The molecule has 0 aromatic heterocycles. The molecule has 1 heterocycles. The number of methoxy groups -OCH3 is 2. The van der Waals surface area contributed by atoms with E-state index in [9.17, 15) is 4.79 Å². The van der Waals surface area contributed by atoms with Crippen molar-refractivity contribution >= 4 is 16.6 Å². The Morgan fingerprint density at radius 2 is 1.26 bits per heavy atom. The van der Waals surface area contributed by atoms with Gasteiger partial charge in [0.15, 0.2) is 11.4 Å². The van der Waals surface area contributed by atoms with Gasteiger partial charge >= 0.3 is 0 Å². The first kappa shape index (κ1) is 21.7. The summed E-state index contributed by atoms with van der Waals surface area (Å²) in [5.74, 6) is 2.38. The fourth-order valence-electron chi connectivity index (χ4n) is 5.83. The second kappa shape index (κ2) is 8.46. The van der Waals surface area contributed by atoms with Gasteiger partial charge in [0.1, 0.15) is 17.2 Å². The summed E-state index contributed by atoms with van der Waals surface area (Å²) in [6, 6.07) is 24.1. The molecule has 2 aliphatic rings. The van der Waals surface area contributed by atoms with Crippen molar-refractivity contribution in [1.82, 2.24) is 0 Å². The molecule has 0 saturated carbocycles. The summed E-state index contributed by atoms with van der Waals surface area (Å²) < 4.78 is 17.9. The zero-order valence-corrected chi connectivity index (χ0v) is 20.1. The molecular formula is C31H28O4. The van der Waals surface area contributed by atoms with Crippen molar-refractivity contribution in [3.63, 3.8) is 0 Å². The SMILES string of the molecule is COc1ccc(C2(c3ccc(OC)cc3)CC(=O)c3c4c(c5ccccc5c3O2)CCCC4)cc1. The van der Waals surface area contributed by atoms with Gasteiger partial charge in [-0.05, 0) is 66.5 Å². The number of fused-ring (bicyclic) bond motifs is 6. The third-order valence-electron chi connectivity index (χ3n) is 7.57. The van der Waals surface area contributed by atoms with Crippen molar-refractivity contribution in [3.8, 4) is 17.2 Å². The van der Waals surface area contributed by atoms with E-state index in [1.54, 1.807) is 14.2 Å². The van der Waals surface area contributed by atoms with E-state index in [0.29, 0.717) is 5.75 Å². The van der Waals surface area contributed by atoms with Crippen LogP contribution in [0, 0.1) is 0 Å². The van der Waals surface area contributed by atoms with Crippen molar-refractivity contribution < 1.29 is 19.0 Å². The molecule has 0 atom stereocenters. The van der Waals surface area contributed by atoms with Gasteiger partial charge in [0.2, 0.25) is 0 Å². The summed E-state index contributed by atoms with van der Waals surface area (Å²) in [6.45, 7) is 0. The van der Waals surface area contributed by atoms with E-state index in [1.165, 1.54) is 16.5 Å². The second-order valence-electron chi connectivity index (χ2n) is 9.40. The van der Waals surface area contributed by atoms with Crippen LogP contribution in [0.15, 0.2) is 72.8 Å². The van der Waals surface area contributed by atoms with Crippen molar-refractivity contribution in [2.75, 3.05) is 14.2 Å². The summed E-state index contributed by atoms with van der Waals surface area (Å²) >= 11 is 0. The smallest absolute Gasteiger partial charge is 0.171 e. The average molecular weight is 465 g/mol. The van der Waals surface area contributed by atoms with E-state index in [0.717, 1.165) is 59.3 Å². The van der Waals surface area contributed by atoms with Gasteiger partial charge in [0.25, 0.3) is 0 Å². The average Bonchev–Trinajstić information content (AvgIpc) is 2.93. The van der Waals surface area contributed by atoms with E-state index in [4.69, 9.17) is 14.2 Å². The fourth-order valence-corrected chi connectivity index (χ4v) is 5.83. The van der Waals surface area contributed by atoms with Crippen molar-refractivity contribution in [3.05, 3.63) is 101 Å². The monoisotopic (exact) mass is 464 g/mol. The predicted molar refractivity (Wildman–Crippen MR) is 137 cm³/mol. The van der Waals surface area contributed by atoms with Crippen molar-refractivity contribution in [2.45, 2.75) is 37.7 Å². The summed E-state index contributed by atoms with van der Waals surface area (Å²) in [5, 5.41) is 2.22. The molecule has 6 rings (SSSR count). The summed E-state index contributed by atoms with van der Waals surface area (Å²) in [4.78, 5) is 14.1. The summed E-state index contributed by atoms with van der Waals surface area (Å²) in [5.41, 5.74) is 4.19. The quantitative estimate of drug-likeness (QED) is 0.339. The molecule has 4 aromatic carbocycles. The first-order valence-electron chi connectivity index (χ1n) is 12.2. The largest absolute Gasteiger partial charge is 0.497 e. The summed E-state index contributed by atoms with van der Waals surface area (Å²) in [6.07, 6.45) is 4.44. The highest BCUT2D eigenvalue weighted by molar-refractivity contribution is 6.09. The van der Waals surface area contributed by atoms with Crippen molar-refractivity contribution in [1.29, 1.82) is 0 Å². The number of hydrogen-bond donors (Lipinski definition) is 0. The molecule has 0 spiro atoms. The van der Waals surface area contributed by atoms with Crippen molar-refractivity contribution in [2.24, 2.45) is 0 Å². The Bertz CT molecular complexity index is 1370. The second-order valence-corrected chi connectivity index (χ2v) is 9.40. The number of ketones is 1. The first-order valence-corrected chi connectivity index (χ1v) is 12.2. The van der Waals surface area contributed by atoms with Gasteiger partial charge < -0.3 is 14.2 Å². The standard InChI is InChI=1S/C31H28O4/c1-33-22-15-11-20(12-16-22)31(21-13-17-23(34-2)18-14-21)19-28(32)29-26-9-5-3-7-24(26)25-8-4-6-10-27(25)30(29)35-31/h4,6,8,10-18H,3,5,7,9,19H2,1-2H3. The molecule has 0 saturated heterocycles. The lowest BCUT2D eigenvalue weighted by atomic mass is 9.75. The molecule has 0 unspecified atom stereocenters. The van der Waals surface area contributed by atoms with E-state index < -0.39 is 5.60 Å². The van der Waals surface area contributed by atoms with Crippen LogP contribution in [0.5, 0.6) is 17.2 Å². The number of hydrogen-bond acceptors (Lipinski definition) is 4. The summed E-state index contributed by atoms with van der Waals surface area (Å²) in [7, 11) is 3.31. The van der Waals surface area contributed by atoms with Crippen LogP contribution in [-0.2, 0) is 18.4 Å². The number of benzene rings is 4. The van der Waals surface area contributed by atoms with E-state index in [2.05, 4.69) is 18.2 Å². The Morgan fingerprint density at radius 3 is 1.83 bits per heavy atom. The maximum absolute atomic E-state index is 14.1. The predicted octanol–water partition coefficient (Wildman–Crippen LogP) is 6.64. The van der Waals surface area contributed by atoms with Gasteiger partial charge in [0.05, 0.1) is 26.2 Å². The van der Waals surface area contributed by atoms with Gasteiger partial charge in [-0.15, -0.1) is 0 Å².